The summed E-state index contributed by atoms with van der Waals surface area (Å²) in [6, 6.07) is 8.79. The lowest BCUT2D eigenvalue weighted by Crippen LogP contribution is -2.29. The fourth-order valence-corrected chi connectivity index (χ4v) is 3.00. The summed E-state index contributed by atoms with van der Waals surface area (Å²) < 4.78 is 11.4. The van der Waals surface area contributed by atoms with Crippen molar-refractivity contribution in [1.82, 2.24) is 9.88 Å². The average Bonchev–Trinajstić information content (AvgIpc) is 3.18. The summed E-state index contributed by atoms with van der Waals surface area (Å²) in [4.78, 5) is 29.4. The Morgan fingerprint density at radius 1 is 1.26 bits per heavy atom. The van der Waals surface area contributed by atoms with Crippen LogP contribution in [-0.2, 0) is 11.4 Å². The van der Waals surface area contributed by atoms with Crippen LogP contribution in [0.5, 0.6) is 11.5 Å². The molecule has 0 unspecified atom stereocenters. The summed E-state index contributed by atoms with van der Waals surface area (Å²) >= 11 is 0. The number of hydrogen-bond donors (Lipinski definition) is 1. The minimum Gasteiger partial charge on any atom is -0.490 e. The van der Waals surface area contributed by atoms with Crippen LogP contribution in [0.25, 0.3) is 0 Å². The molecule has 0 saturated carbocycles. The second-order valence-electron chi connectivity index (χ2n) is 6.32. The highest BCUT2D eigenvalue weighted by atomic mass is 16.5. The Morgan fingerprint density at radius 3 is 2.78 bits per heavy atom. The topological polar surface area (TPSA) is 89.0 Å². The lowest BCUT2D eigenvalue weighted by molar-refractivity contribution is -0.141. The van der Waals surface area contributed by atoms with Crippen molar-refractivity contribution in [2.24, 2.45) is 5.92 Å². The minimum atomic E-state index is -0.862. The Labute approximate surface area is 157 Å². The number of likely N-dealkylation sites (tertiary alicyclic amines) is 1. The van der Waals surface area contributed by atoms with E-state index in [1.54, 1.807) is 35.5 Å². The number of aliphatic carboxylic acids is 1. The fourth-order valence-electron chi connectivity index (χ4n) is 3.00. The van der Waals surface area contributed by atoms with Gasteiger partial charge in [0, 0.05) is 36.6 Å². The molecule has 1 amide bonds. The number of pyridine rings is 1. The van der Waals surface area contributed by atoms with Crippen molar-refractivity contribution < 1.29 is 24.2 Å². The van der Waals surface area contributed by atoms with Gasteiger partial charge in [-0.2, -0.15) is 0 Å². The third-order valence-electron chi connectivity index (χ3n) is 4.43. The average molecular weight is 370 g/mol. The van der Waals surface area contributed by atoms with Crippen molar-refractivity contribution in [3.8, 4) is 11.5 Å². The van der Waals surface area contributed by atoms with Gasteiger partial charge in [-0.25, -0.2) is 0 Å². The molecule has 1 saturated heterocycles. The highest BCUT2D eigenvalue weighted by Crippen LogP contribution is 2.30. The van der Waals surface area contributed by atoms with E-state index in [0.29, 0.717) is 43.2 Å². The van der Waals surface area contributed by atoms with Crippen molar-refractivity contribution in [2.75, 3.05) is 19.7 Å². The molecular formula is C20H22N2O5. The number of carboxylic acid groups (broad SMARTS) is 1. The van der Waals surface area contributed by atoms with Crippen molar-refractivity contribution >= 4 is 11.9 Å². The number of amides is 1. The lowest BCUT2D eigenvalue weighted by Gasteiger charge is -2.18. The maximum Gasteiger partial charge on any atom is 0.308 e. The molecule has 27 heavy (non-hydrogen) atoms. The van der Waals surface area contributed by atoms with Crippen LogP contribution in [0.4, 0.5) is 0 Å². The van der Waals surface area contributed by atoms with Gasteiger partial charge < -0.3 is 19.5 Å². The van der Waals surface area contributed by atoms with Crippen LogP contribution >= 0.6 is 0 Å². The van der Waals surface area contributed by atoms with E-state index in [-0.39, 0.29) is 12.5 Å². The first-order valence-corrected chi connectivity index (χ1v) is 8.89. The molecule has 142 valence electrons. The van der Waals surface area contributed by atoms with Gasteiger partial charge in [0.25, 0.3) is 5.91 Å². The highest BCUT2D eigenvalue weighted by Gasteiger charge is 2.31. The fraction of sp³-hybridized carbons (Fsp3) is 0.350. The molecule has 0 radical (unpaired) electrons. The first-order chi connectivity index (χ1) is 13.1. The molecule has 1 aliphatic rings. The molecule has 2 aromatic rings. The zero-order valence-corrected chi connectivity index (χ0v) is 15.1. The van der Waals surface area contributed by atoms with Gasteiger partial charge in [-0.05, 0) is 37.6 Å². The number of nitrogens with zero attached hydrogens (tertiary/aromatic N) is 2. The summed E-state index contributed by atoms with van der Waals surface area (Å²) in [5, 5.41) is 9.11. The van der Waals surface area contributed by atoms with Gasteiger partial charge in [-0.15, -0.1) is 0 Å². The molecular weight excluding hydrogens is 348 g/mol. The van der Waals surface area contributed by atoms with Gasteiger partial charge in [0.15, 0.2) is 11.5 Å². The number of carboxylic acids is 1. The van der Waals surface area contributed by atoms with Gasteiger partial charge in [-0.3, -0.25) is 14.6 Å². The first-order valence-electron chi connectivity index (χ1n) is 8.89. The molecule has 1 fully saturated rings. The highest BCUT2D eigenvalue weighted by molar-refractivity contribution is 5.95. The summed E-state index contributed by atoms with van der Waals surface area (Å²) in [6.07, 6.45) is 3.90. The molecule has 0 spiro atoms. The normalized spacial score (nSPS) is 16.2. The summed E-state index contributed by atoms with van der Waals surface area (Å²) in [6.45, 7) is 3.31. The lowest BCUT2D eigenvalue weighted by atomic mass is 10.1. The van der Waals surface area contributed by atoms with Crippen LogP contribution in [0, 0.1) is 5.92 Å². The van der Waals surface area contributed by atoms with Gasteiger partial charge >= 0.3 is 5.97 Å². The number of ether oxygens (including phenoxy) is 2. The molecule has 7 nitrogen and oxygen atoms in total. The quantitative estimate of drug-likeness (QED) is 0.806. The van der Waals surface area contributed by atoms with Crippen LogP contribution in [0.15, 0.2) is 42.7 Å². The molecule has 1 aromatic carbocycles. The third-order valence-corrected chi connectivity index (χ3v) is 4.43. The Hall–Kier alpha value is -3.09. The maximum absolute atomic E-state index is 12.7. The summed E-state index contributed by atoms with van der Waals surface area (Å²) in [5.74, 6) is -0.524. The third kappa shape index (κ3) is 4.55. The van der Waals surface area contributed by atoms with Crippen molar-refractivity contribution in [2.45, 2.75) is 20.0 Å². The van der Waals surface area contributed by atoms with Gasteiger partial charge in [-0.1, -0.05) is 6.07 Å². The van der Waals surface area contributed by atoms with Gasteiger partial charge in [0.1, 0.15) is 6.61 Å². The second-order valence-corrected chi connectivity index (χ2v) is 6.32. The van der Waals surface area contributed by atoms with Crippen molar-refractivity contribution in [1.29, 1.82) is 0 Å². The van der Waals surface area contributed by atoms with Crippen LogP contribution < -0.4 is 9.47 Å². The summed E-state index contributed by atoms with van der Waals surface area (Å²) in [5.41, 5.74) is 1.38. The van der Waals surface area contributed by atoms with E-state index in [0.717, 1.165) is 5.56 Å². The number of aromatic nitrogens is 1. The molecule has 1 N–H and O–H groups in total. The predicted molar refractivity (Wildman–Crippen MR) is 97.8 cm³/mol. The van der Waals surface area contributed by atoms with Gasteiger partial charge in [0.05, 0.1) is 12.5 Å². The molecule has 0 bridgehead atoms. The standard InChI is InChI=1S/C20H22N2O5/c1-2-26-18-10-15(19(23)22-9-7-16(12-22)20(24)25)5-6-17(18)27-13-14-4-3-8-21-11-14/h3-6,8,10-11,16H,2,7,9,12-13H2,1H3,(H,24,25)/t16-/m0/s1. The van der Waals surface area contributed by atoms with Crippen molar-refractivity contribution in [3.63, 3.8) is 0 Å². The minimum absolute atomic E-state index is 0.196. The molecule has 2 heterocycles. The Kier molecular flexibility index (Phi) is 5.90. The van der Waals surface area contributed by atoms with E-state index in [2.05, 4.69) is 4.98 Å². The SMILES string of the molecule is CCOc1cc(C(=O)N2CC[C@H](C(=O)O)C2)ccc1OCc1cccnc1. The van der Waals surface area contributed by atoms with Crippen LogP contribution in [0.1, 0.15) is 29.3 Å². The van der Waals surface area contributed by atoms with E-state index in [1.807, 2.05) is 19.1 Å². The molecule has 7 heteroatoms. The van der Waals surface area contributed by atoms with Crippen LogP contribution in [0.3, 0.4) is 0 Å². The molecule has 3 rings (SSSR count). The van der Waals surface area contributed by atoms with E-state index < -0.39 is 11.9 Å². The summed E-state index contributed by atoms with van der Waals surface area (Å²) in [7, 11) is 0. The maximum atomic E-state index is 12.7. The number of carbonyl (C=O) groups is 2. The van der Waals surface area contributed by atoms with Gasteiger partial charge in [0.2, 0.25) is 0 Å². The molecule has 1 aliphatic heterocycles. The van der Waals surface area contributed by atoms with Crippen LogP contribution in [-0.4, -0.2) is 46.6 Å². The zero-order chi connectivity index (χ0) is 19.2. The number of rotatable bonds is 7. The van der Waals surface area contributed by atoms with E-state index >= 15 is 0 Å². The largest absolute Gasteiger partial charge is 0.490 e. The smallest absolute Gasteiger partial charge is 0.308 e. The molecule has 1 atom stereocenters. The first kappa shape index (κ1) is 18.7. The Bertz CT molecular complexity index is 809. The van der Waals surface area contributed by atoms with E-state index in [4.69, 9.17) is 14.6 Å². The predicted octanol–water partition coefficient (Wildman–Crippen LogP) is 2.61. The number of hydrogen-bond acceptors (Lipinski definition) is 5. The number of benzene rings is 1. The molecule has 1 aromatic heterocycles. The molecule has 0 aliphatic carbocycles. The van der Waals surface area contributed by atoms with Crippen molar-refractivity contribution in [3.05, 3.63) is 53.9 Å². The number of carbonyl (C=O) groups excluding carboxylic acids is 1. The van der Waals surface area contributed by atoms with Crippen LogP contribution in [0.2, 0.25) is 0 Å². The monoisotopic (exact) mass is 370 g/mol. The van der Waals surface area contributed by atoms with E-state index in [9.17, 15) is 9.59 Å². The zero-order valence-electron chi connectivity index (χ0n) is 15.1. The Morgan fingerprint density at radius 2 is 2.11 bits per heavy atom. The Balaban J connectivity index is 1.73. The van der Waals surface area contributed by atoms with E-state index in [1.165, 1.54) is 0 Å². The second kappa shape index (κ2) is 8.53.